The number of rotatable bonds is 13. The molecule has 0 amide bonds. The molecule has 2 aliphatic rings. The second-order valence-corrected chi connectivity index (χ2v) is 11.6. The predicted octanol–water partition coefficient (Wildman–Crippen LogP) is 8.83. The molecule has 1 aromatic carbocycles. The first-order valence-corrected chi connectivity index (χ1v) is 15.2. The molecule has 0 aliphatic heterocycles. The molecular formula is C36H48O3. The lowest BCUT2D eigenvalue weighted by molar-refractivity contribution is -0.129. The molecule has 3 unspecified atom stereocenters. The van der Waals surface area contributed by atoms with E-state index < -0.39 is 0 Å². The molecule has 39 heavy (non-hydrogen) atoms. The number of carbonyl (C=O) groups excluding carboxylic acids is 3. The van der Waals surface area contributed by atoms with Gasteiger partial charge in [0.2, 0.25) is 0 Å². The smallest absolute Gasteiger partial charge is 0.163 e. The molecule has 3 rings (SSSR count). The van der Waals surface area contributed by atoms with E-state index >= 15 is 0 Å². The molecule has 0 fully saturated rings. The van der Waals surface area contributed by atoms with Crippen molar-refractivity contribution in [3.05, 3.63) is 82.5 Å². The summed E-state index contributed by atoms with van der Waals surface area (Å²) >= 11 is 0. The molecule has 0 heterocycles. The summed E-state index contributed by atoms with van der Waals surface area (Å²) in [6.07, 6.45) is 25.5. The molecule has 3 heteroatoms. The van der Waals surface area contributed by atoms with E-state index in [9.17, 15) is 14.4 Å². The zero-order valence-corrected chi connectivity index (χ0v) is 24.6. The molecule has 3 atom stereocenters. The van der Waals surface area contributed by atoms with Gasteiger partial charge in [0.05, 0.1) is 6.42 Å². The van der Waals surface area contributed by atoms with E-state index in [1.54, 1.807) is 0 Å². The average Bonchev–Trinajstić information content (AvgIpc) is 2.89. The van der Waals surface area contributed by atoms with Crippen LogP contribution in [0, 0.1) is 24.7 Å². The van der Waals surface area contributed by atoms with Crippen LogP contribution in [0.15, 0.2) is 60.2 Å². The van der Waals surface area contributed by atoms with E-state index in [1.165, 1.54) is 23.6 Å². The first-order valence-electron chi connectivity index (χ1n) is 15.2. The fourth-order valence-corrected chi connectivity index (χ4v) is 6.61. The van der Waals surface area contributed by atoms with Crippen LogP contribution in [0.3, 0.4) is 0 Å². The van der Waals surface area contributed by atoms with Crippen molar-refractivity contribution in [3.8, 4) is 0 Å². The minimum Gasteiger partial charge on any atom is -0.300 e. The lowest BCUT2D eigenvalue weighted by Gasteiger charge is -2.32. The van der Waals surface area contributed by atoms with Gasteiger partial charge in [-0.3, -0.25) is 14.4 Å². The van der Waals surface area contributed by atoms with E-state index in [4.69, 9.17) is 0 Å². The maximum absolute atomic E-state index is 13.4. The summed E-state index contributed by atoms with van der Waals surface area (Å²) in [5.74, 6) is 0.706. The fraction of sp³-hybridized carbons (Fsp3) is 0.528. The van der Waals surface area contributed by atoms with Gasteiger partial charge in [0.1, 0.15) is 11.6 Å². The van der Waals surface area contributed by atoms with Crippen molar-refractivity contribution in [2.24, 2.45) is 17.8 Å². The molecule has 0 radical (unpaired) electrons. The van der Waals surface area contributed by atoms with E-state index in [2.05, 4.69) is 75.4 Å². The first-order chi connectivity index (χ1) is 18.8. The van der Waals surface area contributed by atoms with Gasteiger partial charge in [0.15, 0.2) is 5.78 Å². The number of allylic oxidation sites excluding steroid dienone is 8. The van der Waals surface area contributed by atoms with Gasteiger partial charge >= 0.3 is 0 Å². The third-order valence-corrected chi connectivity index (χ3v) is 8.51. The Labute approximate surface area is 236 Å². The van der Waals surface area contributed by atoms with Gasteiger partial charge in [-0.25, -0.2) is 0 Å². The van der Waals surface area contributed by atoms with E-state index in [0.29, 0.717) is 6.42 Å². The molecule has 0 aromatic heterocycles. The van der Waals surface area contributed by atoms with Crippen molar-refractivity contribution in [1.82, 2.24) is 0 Å². The maximum atomic E-state index is 13.4. The second kappa shape index (κ2) is 15.7. The van der Waals surface area contributed by atoms with Crippen molar-refractivity contribution < 1.29 is 14.4 Å². The summed E-state index contributed by atoms with van der Waals surface area (Å²) in [6, 6.07) is 4.43. The normalized spacial score (nSPS) is 22.6. The van der Waals surface area contributed by atoms with Gasteiger partial charge in [0, 0.05) is 17.9 Å². The fourth-order valence-electron chi connectivity index (χ4n) is 6.61. The topological polar surface area (TPSA) is 51.2 Å². The van der Waals surface area contributed by atoms with Crippen LogP contribution in [-0.4, -0.2) is 17.3 Å². The Morgan fingerprint density at radius 2 is 1.77 bits per heavy atom. The monoisotopic (exact) mass is 528 g/mol. The highest BCUT2D eigenvalue weighted by atomic mass is 16.1. The highest BCUT2D eigenvalue weighted by molar-refractivity contribution is 6.00. The van der Waals surface area contributed by atoms with Crippen LogP contribution in [0.4, 0.5) is 0 Å². The highest BCUT2D eigenvalue weighted by Gasteiger charge is 2.33. The Bertz CT molecular complexity index is 1130. The molecule has 0 spiro atoms. The van der Waals surface area contributed by atoms with Gasteiger partial charge in [-0.15, -0.1) is 0 Å². The number of fused-ring (bicyclic) bond motifs is 1. The van der Waals surface area contributed by atoms with Gasteiger partial charge < -0.3 is 0 Å². The zero-order chi connectivity index (χ0) is 28.2. The molecule has 0 bridgehead atoms. The van der Waals surface area contributed by atoms with Crippen molar-refractivity contribution in [2.75, 3.05) is 0 Å². The van der Waals surface area contributed by atoms with Gasteiger partial charge in [-0.05, 0) is 93.7 Å². The van der Waals surface area contributed by atoms with E-state index in [1.807, 2.05) is 0 Å². The number of Topliss-reactive ketones (excluding diaryl/α,β-unsaturated/α-hetero) is 3. The van der Waals surface area contributed by atoms with Crippen molar-refractivity contribution in [2.45, 2.75) is 105 Å². The number of hydrogen-bond donors (Lipinski definition) is 0. The van der Waals surface area contributed by atoms with Crippen molar-refractivity contribution >= 4 is 17.3 Å². The third kappa shape index (κ3) is 9.12. The second-order valence-electron chi connectivity index (χ2n) is 11.6. The molecule has 0 saturated heterocycles. The lowest BCUT2D eigenvalue weighted by atomic mass is 9.72. The van der Waals surface area contributed by atoms with E-state index in [-0.39, 0.29) is 41.5 Å². The Balaban J connectivity index is 1.66. The van der Waals surface area contributed by atoms with Crippen molar-refractivity contribution in [1.29, 1.82) is 0 Å². The summed E-state index contributed by atoms with van der Waals surface area (Å²) in [5, 5.41) is 0. The van der Waals surface area contributed by atoms with Crippen LogP contribution in [0.25, 0.3) is 0 Å². The van der Waals surface area contributed by atoms with Crippen LogP contribution < -0.4 is 0 Å². The largest absolute Gasteiger partial charge is 0.300 e. The number of hydrogen-bond acceptors (Lipinski definition) is 3. The molecular weight excluding hydrogens is 480 g/mol. The number of aryl methyl sites for hydroxylation is 1. The average molecular weight is 529 g/mol. The summed E-state index contributed by atoms with van der Waals surface area (Å²) in [4.78, 5) is 37.9. The number of benzene rings is 1. The molecule has 210 valence electrons. The zero-order valence-electron chi connectivity index (χ0n) is 24.6. The highest BCUT2D eigenvalue weighted by Crippen LogP contribution is 2.37. The Kier molecular flexibility index (Phi) is 12.4. The summed E-state index contributed by atoms with van der Waals surface area (Å²) in [5.41, 5.74) is 6.02. The summed E-state index contributed by atoms with van der Waals surface area (Å²) < 4.78 is 0. The number of carbonyl (C=O) groups is 3. The van der Waals surface area contributed by atoms with Crippen LogP contribution in [-0.2, 0) is 22.4 Å². The standard InChI is InChI=1S/C36H48O3/c1-5-15-31(33(6-2)34(38)22-26(3)37)23-29-24-32-21-20-30(27(4)36(32)35(39)25-29)19-14-18-28-16-12-10-8-7-9-11-13-17-28/h7-8,10-13,17,20-21,29,31,33H,5-6,9,14-16,18-19,22-25H2,1-4H3/b8-7-,12-10-,13-11-,28-17+. The quantitative estimate of drug-likeness (QED) is 0.240. The van der Waals surface area contributed by atoms with Crippen LogP contribution in [0.2, 0.25) is 0 Å². The maximum Gasteiger partial charge on any atom is 0.163 e. The van der Waals surface area contributed by atoms with Crippen LogP contribution in [0.5, 0.6) is 0 Å². The molecule has 0 saturated carbocycles. The summed E-state index contributed by atoms with van der Waals surface area (Å²) in [7, 11) is 0. The minimum absolute atomic E-state index is 0.0369. The van der Waals surface area contributed by atoms with Crippen molar-refractivity contribution in [3.63, 3.8) is 0 Å². The van der Waals surface area contributed by atoms with Crippen LogP contribution in [0.1, 0.15) is 112 Å². The Morgan fingerprint density at radius 3 is 2.51 bits per heavy atom. The van der Waals surface area contributed by atoms with E-state index in [0.717, 1.165) is 75.3 Å². The Morgan fingerprint density at radius 1 is 1.00 bits per heavy atom. The first kappa shape index (κ1) is 30.7. The Hall–Kier alpha value is -2.81. The molecule has 2 aliphatic carbocycles. The molecule has 1 aromatic rings. The molecule has 0 N–H and O–H groups in total. The van der Waals surface area contributed by atoms with Crippen LogP contribution >= 0.6 is 0 Å². The summed E-state index contributed by atoms with van der Waals surface area (Å²) in [6.45, 7) is 7.83. The third-order valence-electron chi connectivity index (χ3n) is 8.51. The van der Waals surface area contributed by atoms with Gasteiger partial charge in [0.25, 0.3) is 0 Å². The SMILES string of the molecule is CCCC(CC1CC(=O)c2c(ccc(CCC/C3=C/C=C\C/C=C\C=C/C3)c2C)C1)C(CC)C(=O)CC(C)=O. The van der Waals surface area contributed by atoms with Gasteiger partial charge in [-0.1, -0.05) is 86.9 Å². The molecule has 3 nitrogen and oxygen atoms in total. The lowest BCUT2D eigenvalue weighted by Crippen LogP contribution is -2.30. The van der Waals surface area contributed by atoms with Gasteiger partial charge in [-0.2, -0.15) is 0 Å². The number of ketones is 3. The minimum atomic E-state index is -0.0846. The predicted molar refractivity (Wildman–Crippen MR) is 162 cm³/mol.